The van der Waals surface area contributed by atoms with Crippen LogP contribution in [0, 0.1) is 0 Å². The number of aromatic nitrogens is 1. The lowest BCUT2D eigenvalue weighted by molar-refractivity contribution is 0.0606. The Labute approximate surface area is 114 Å². The fraction of sp³-hybridized carbons (Fsp3) is 0.636. The average Bonchev–Trinajstić information content (AvgIpc) is 2.95. The van der Waals surface area contributed by atoms with E-state index in [0.717, 1.165) is 19.3 Å². The number of esters is 1. The summed E-state index contributed by atoms with van der Waals surface area (Å²) in [6, 6.07) is 0.322. The lowest BCUT2D eigenvalue weighted by atomic mass is 10.2. The van der Waals surface area contributed by atoms with Crippen LogP contribution in [0.15, 0.2) is 0 Å². The van der Waals surface area contributed by atoms with Crippen LogP contribution in [0.2, 0.25) is 5.15 Å². The first-order chi connectivity index (χ1) is 8.63. The molecular weight excluding hydrogens is 276 g/mol. The van der Waals surface area contributed by atoms with Gasteiger partial charge in [-0.15, -0.1) is 0 Å². The van der Waals surface area contributed by atoms with Crippen molar-refractivity contribution in [1.82, 2.24) is 4.98 Å². The van der Waals surface area contributed by atoms with Crippen LogP contribution in [0.1, 0.15) is 28.9 Å². The van der Waals surface area contributed by atoms with Crippen molar-refractivity contribution in [3.63, 3.8) is 0 Å². The molecule has 1 aliphatic carbocycles. The topological polar surface area (TPSA) is 60.5 Å². The summed E-state index contributed by atoms with van der Waals surface area (Å²) in [4.78, 5) is 15.9. The fourth-order valence-electron chi connectivity index (χ4n) is 2.04. The van der Waals surface area contributed by atoms with Crippen LogP contribution in [-0.4, -0.2) is 37.3 Å². The number of halogens is 1. The van der Waals surface area contributed by atoms with E-state index in [4.69, 9.17) is 16.3 Å². The second-order valence-electron chi connectivity index (χ2n) is 4.14. The van der Waals surface area contributed by atoms with E-state index in [1.54, 1.807) is 7.11 Å². The number of methoxy groups -OCH3 is 2. The van der Waals surface area contributed by atoms with Crippen LogP contribution in [0.5, 0.6) is 0 Å². The molecule has 0 radical (unpaired) electrons. The van der Waals surface area contributed by atoms with E-state index >= 15 is 0 Å². The second kappa shape index (κ2) is 5.86. The number of nitrogens with one attached hydrogen (secondary N) is 1. The average molecular weight is 291 g/mol. The second-order valence-corrected chi connectivity index (χ2v) is 5.50. The van der Waals surface area contributed by atoms with Crippen LogP contribution < -0.4 is 5.32 Å². The van der Waals surface area contributed by atoms with E-state index in [1.807, 2.05) is 0 Å². The van der Waals surface area contributed by atoms with Crippen molar-refractivity contribution in [2.45, 2.75) is 31.4 Å². The number of thiazole rings is 1. The summed E-state index contributed by atoms with van der Waals surface area (Å²) in [6.07, 6.45) is 3.32. The molecule has 0 aromatic carbocycles. The van der Waals surface area contributed by atoms with Gasteiger partial charge in [-0.25, -0.2) is 9.78 Å². The van der Waals surface area contributed by atoms with E-state index in [2.05, 4.69) is 15.0 Å². The number of hydrogen-bond acceptors (Lipinski definition) is 6. The van der Waals surface area contributed by atoms with Gasteiger partial charge in [0.1, 0.15) is 0 Å². The SMILES string of the molecule is COC(=O)c1sc(NC2CCC(OC)C2)nc1Cl. The van der Waals surface area contributed by atoms with E-state index in [0.29, 0.717) is 22.2 Å². The maximum atomic E-state index is 11.4. The molecule has 1 saturated carbocycles. The standard InChI is InChI=1S/C11H15ClN2O3S/c1-16-7-4-3-6(5-7)13-11-14-9(12)8(18-11)10(15)17-2/h6-7H,3-5H2,1-2H3,(H,13,14). The van der Waals surface area contributed by atoms with Gasteiger partial charge in [-0.2, -0.15) is 0 Å². The minimum absolute atomic E-state index is 0.190. The largest absolute Gasteiger partial charge is 0.465 e. The number of rotatable bonds is 4. The molecule has 18 heavy (non-hydrogen) atoms. The number of carbonyl (C=O) groups excluding carboxylic acids is 1. The Kier molecular flexibility index (Phi) is 4.42. The van der Waals surface area contributed by atoms with Gasteiger partial charge in [0.15, 0.2) is 15.2 Å². The Morgan fingerprint density at radius 3 is 2.89 bits per heavy atom. The zero-order valence-corrected chi connectivity index (χ0v) is 11.8. The Morgan fingerprint density at radius 2 is 2.28 bits per heavy atom. The van der Waals surface area contributed by atoms with Crippen LogP contribution in [0.3, 0.4) is 0 Å². The first kappa shape index (κ1) is 13.6. The summed E-state index contributed by atoms with van der Waals surface area (Å²) in [5.74, 6) is -0.452. The molecule has 0 bridgehead atoms. The molecule has 1 aromatic heterocycles. The Bertz CT molecular complexity index is 438. The van der Waals surface area contributed by atoms with Crippen molar-refractivity contribution in [2.24, 2.45) is 0 Å². The maximum absolute atomic E-state index is 11.4. The lowest BCUT2D eigenvalue weighted by Crippen LogP contribution is -2.16. The lowest BCUT2D eigenvalue weighted by Gasteiger charge is -2.11. The van der Waals surface area contributed by atoms with Gasteiger partial charge in [0.25, 0.3) is 0 Å². The van der Waals surface area contributed by atoms with Crippen molar-refractivity contribution in [1.29, 1.82) is 0 Å². The molecule has 0 aliphatic heterocycles. The summed E-state index contributed by atoms with van der Waals surface area (Å²) in [5, 5.41) is 4.13. The monoisotopic (exact) mass is 290 g/mol. The first-order valence-electron chi connectivity index (χ1n) is 5.68. The highest BCUT2D eigenvalue weighted by Gasteiger charge is 2.26. The molecule has 100 valence electrons. The van der Waals surface area contributed by atoms with E-state index in [1.165, 1.54) is 18.4 Å². The van der Waals surface area contributed by atoms with Crippen molar-refractivity contribution in [3.8, 4) is 0 Å². The van der Waals surface area contributed by atoms with Crippen molar-refractivity contribution >= 4 is 34.0 Å². The predicted molar refractivity (Wildman–Crippen MR) is 70.5 cm³/mol. The van der Waals surface area contributed by atoms with Crippen molar-refractivity contribution < 1.29 is 14.3 Å². The third-order valence-electron chi connectivity index (χ3n) is 3.00. The molecular formula is C11H15ClN2O3S. The van der Waals surface area contributed by atoms with Crippen LogP contribution >= 0.6 is 22.9 Å². The number of nitrogens with zero attached hydrogens (tertiary/aromatic N) is 1. The maximum Gasteiger partial charge on any atom is 0.351 e. The molecule has 1 aromatic rings. The minimum atomic E-state index is -0.452. The van der Waals surface area contributed by atoms with Gasteiger partial charge in [0.05, 0.1) is 13.2 Å². The number of ether oxygens (including phenoxy) is 2. The smallest absolute Gasteiger partial charge is 0.351 e. The summed E-state index contributed by atoms with van der Waals surface area (Å²) in [7, 11) is 3.05. The quantitative estimate of drug-likeness (QED) is 0.864. The van der Waals surface area contributed by atoms with Crippen molar-refractivity contribution in [2.75, 3.05) is 19.5 Å². The fourth-order valence-corrected chi connectivity index (χ4v) is 3.22. The Hall–Kier alpha value is -0.850. The minimum Gasteiger partial charge on any atom is -0.465 e. The zero-order valence-electron chi connectivity index (χ0n) is 10.2. The molecule has 2 atom stereocenters. The van der Waals surface area contributed by atoms with Crippen molar-refractivity contribution in [3.05, 3.63) is 10.0 Å². The molecule has 1 N–H and O–H groups in total. The zero-order chi connectivity index (χ0) is 13.1. The Balaban J connectivity index is 2.00. The van der Waals surface area contributed by atoms with Gasteiger partial charge in [0, 0.05) is 13.2 Å². The van der Waals surface area contributed by atoms with E-state index < -0.39 is 5.97 Å². The van der Waals surface area contributed by atoms with E-state index in [-0.39, 0.29) is 5.15 Å². The summed E-state index contributed by atoms with van der Waals surface area (Å²) < 4.78 is 9.94. The molecule has 2 rings (SSSR count). The Morgan fingerprint density at radius 1 is 1.50 bits per heavy atom. The van der Waals surface area contributed by atoms with Crippen LogP contribution in [-0.2, 0) is 9.47 Å². The molecule has 0 saturated heterocycles. The first-order valence-corrected chi connectivity index (χ1v) is 6.87. The highest BCUT2D eigenvalue weighted by atomic mass is 35.5. The highest BCUT2D eigenvalue weighted by Crippen LogP contribution is 2.31. The van der Waals surface area contributed by atoms with Crippen LogP contribution in [0.4, 0.5) is 5.13 Å². The van der Waals surface area contributed by atoms with E-state index in [9.17, 15) is 4.79 Å². The number of carbonyl (C=O) groups is 1. The van der Waals surface area contributed by atoms with Gasteiger partial charge >= 0.3 is 5.97 Å². The molecule has 5 nitrogen and oxygen atoms in total. The molecule has 7 heteroatoms. The van der Waals surface area contributed by atoms with Gasteiger partial charge < -0.3 is 14.8 Å². The van der Waals surface area contributed by atoms with Gasteiger partial charge in [-0.05, 0) is 19.3 Å². The van der Waals surface area contributed by atoms with Crippen LogP contribution in [0.25, 0.3) is 0 Å². The molecule has 1 aliphatic rings. The normalized spacial score (nSPS) is 23.1. The molecule has 0 amide bonds. The molecule has 0 spiro atoms. The highest BCUT2D eigenvalue weighted by molar-refractivity contribution is 7.18. The molecule has 2 unspecified atom stereocenters. The summed E-state index contributed by atoms with van der Waals surface area (Å²) in [5.41, 5.74) is 0. The van der Waals surface area contributed by atoms with Gasteiger partial charge in [-0.3, -0.25) is 0 Å². The third-order valence-corrected chi connectivity index (χ3v) is 4.35. The predicted octanol–water partition coefficient (Wildman–Crippen LogP) is 2.56. The number of hydrogen-bond donors (Lipinski definition) is 1. The van der Waals surface area contributed by atoms with Gasteiger partial charge in [-0.1, -0.05) is 22.9 Å². The third kappa shape index (κ3) is 2.93. The molecule has 1 fully saturated rings. The summed E-state index contributed by atoms with van der Waals surface area (Å²) >= 11 is 7.11. The van der Waals surface area contributed by atoms with Gasteiger partial charge in [0.2, 0.25) is 0 Å². The molecule has 1 heterocycles. The number of anilines is 1. The summed E-state index contributed by atoms with van der Waals surface area (Å²) in [6.45, 7) is 0.